The molecule has 20 heteroatoms. The maximum Gasteiger partial charge on any atom is 0.251 e. The van der Waals surface area contributed by atoms with Crippen molar-refractivity contribution in [2.24, 2.45) is 16.5 Å². The normalized spacial score (nSPS) is 13.4. The van der Waals surface area contributed by atoms with Gasteiger partial charge in [0.2, 0.25) is 29.5 Å². The van der Waals surface area contributed by atoms with E-state index in [0.717, 1.165) is 29.3 Å². The number of hydrogen-bond donors (Lipinski definition) is 10. The number of aromatic nitrogens is 3. The van der Waals surface area contributed by atoms with E-state index in [-0.39, 0.29) is 38.6 Å². The molecule has 0 aliphatic heterocycles. The fraction of sp³-hybridized carbons (Fsp3) is 0.395. The van der Waals surface area contributed by atoms with Crippen LogP contribution in [0.4, 0.5) is 0 Å². The molecule has 2 aromatic carbocycles. The lowest BCUT2D eigenvalue weighted by molar-refractivity contribution is -0.525. The number of fused-ring (bicyclic) bond motifs is 1. The molecule has 0 aliphatic carbocycles. The van der Waals surface area contributed by atoms with Crippen LogP contribution in [-0.2, 0) is 43.2 Å². The summed E-state index contributed by atoms with van der Waals surface area (Å²) in [5, 5.41) is 24.8. The average molecular weight is 802 g/mol. The molecule has 5 amide bonds. The number of amides is 5. The third kappa shape index (κ3) is 14.3. The Balaban J connectivity index is 1.61. The van der Waals surface area contributed by atoms with E-state index in [4.69, 9.17) is 11.5 Å². The predicted octanol–water partition coefficient (Wildman–Crippen LogP) is -0.391. The Morgan fingerprint density at radius 1 is 0.828 bits per heavy atom. The summed E-state index contributed by atoms with van der Waals surface area (Å²) in [5.41, 5.74) is 15.5. The minimum absolute atomic E-state index is 0.00381. The van der Waals surface area contributed by atoms with Crippen LogP contribution in [0.15, 0.2) is 78.3 Å². The largest absolute Gasteiger partial charge is 0.368 e. The van der Waals surface area contributed by atoms with Gasteiger partial charge in [0.15, 0.2) is 5.03 Å². The number of nitrogens with one attached hydrogen (secondary N) is 8. The zero-order valence-electron chi connectivity index (χ0n) is 32.2. The minimum atomic E-state index is -1.29. The third-order valence-corrected chi connectivity index (χ3v) is 9.07. The second-order valence-corrected chi connectivity index (χ2v) is 13.5. The lowest BCUT2D eigenvalue weighted by Gasteiger charge is -2.27. The highest BCUT2D eigenvalue weighted by molar-refractivity contribution is 5.96. The van der Waals surface area contributed by atoms with Gasteiger partial charge in [-0.3, -0.25) is 24.0 Å². The molecule has 0 spiro atoms. The maximum absolute atomic E-state index is 14.3. The van der Waals surface area contributed by atoms with E-state index < -0.39 is 71.2 Å². The van der Waals surface area contributed by atoms with Crippen molar-refractivity contribution in [3.05, 3.63) is 100 Å². The molecule has 0 aliphatic rings. The molecule has 20 nitrogen and oxygen atoms in total. The van der Waals surface area contributed by atoms with Crippen LogP contribution in [0, 0.1) is 10.1 Å². The van der Waals surface area contributed by atoms with Gasteiger partial charge >= 0.3 is 0 Å². The molecule has 0 fully saturated rings. The number of para-hydroxylation sites is 1. The van der Waals surface area contributed by atoms with Crippen LogP contribution in [0.3, 0.4) is 0 Å². The van der Waals surface area contributed by atoms with E-state index in [1.165, 1.54) is 6.33 Å². The summed E-state index contributed by atoms with van der Waals surface area (Å²) < 4.78 is 0. The maximum atomic E-state index is 14.3. The topological polar surface area (TPSA) is 310 Å². The third-order valence-electron chi connectivity index (χ3n) is 9.07. The summed E-state index contributed by atoms with van der Waals surface area (Å²) in [5.74, 6) is -3.83. The second-order valence-electron chi connectivity index (χ2n) is 13.5. The van der Waals surface area contributed by atoms with Crippen LogP contribution in [0.2, 0.25) is 0 Å². The van der Waals surface area contributed by atoms with Crippen molar-refractivity contribution in [2.45, 2.75) is 76.0 Å². The van der Waals surface area contributed by atoms with Gasteiger partial charge in [-0.2, -0.15) is 0 Å². The SMILES string of the molecule is CCCCN[C@@H](Cc1cnc[nH]1)C(=O)N[C@H](Cc1ccccc1)C(=O)N[C@@H](CCCN=C(N)N[N+](=O)[O-])C(=O)N[C@@H](Cc1c[nH]c2ccccc12)C(=O)NCC(N)=O. The first-order valence-corrected chi connectivity index (χ1v) is 18.9. The van der Waals surface area contributed by atoms with E-state index in [9.17, 15) is 34.1 Å². The van der Waals surface area contributed by atoms with Crippen molar-refractivity contribution in [1.82, 2.24) is 47.0 Å². The average Bonchev–Trinajstić information content (AvgIpc) is 3.87. The van der Waals surface area contributed by atoms with Gasteiger partial charge in [0.25, 0.3) is 5.96 Å². The first-order valence-electron chi connectivity index (χ1n) is 18.9. The number of hydrazine groups is 1. The standard InChI is InChI=1S/C38H51N13O7/c1-2-3-15-42-30(19-26-21-41-23-46-26)36(55)48-31(17-24-10-5-4-6-11-24)37(56)47-29(14-9-16-43-38(40)50-51(57)58)35(54)49-32(34(53)45-22-33(39)52)18-25-20-44-28-13-8-7-12-27(25)28/h4-8,10-13,20-21,23,29-32,42,44H,2-3,9,14-19,22H2,1H3,(H2,39,52)(H,41,46)(H,45,53)(H,47,56)(H,48,55)(H,49,54)(H3,40,43,50)/t29-,30-,31+,32-/m0/s1. The molecular weight excluding hydrogens is 751 g/mol. The molecule has 4 atom stereocenters. The van der Waals surface area contributed by atoms with Crippen LogP contribution in [0.5, 0.6) is 0 Å². The number of guanidine groups is 1. The molecule has 0 bridgehead atoms. The number of hydrogen-bond acceptors (Lipinski definition) is 10. The lowest BCUT2D eigenvalue weighted by Crippen LogP contribution is -2.59. The Hall–Kier alpha value is -6.83. The predicted molar refractivity (Wildman–Crippen MR) is 215 cm³/mol. The zero-order chi connectivity index (χ0) is 41.9. The summed E-state index contributed by atoms with van der Waals surface area (Å²) in [6.07, 6.45) is 6.96. The van der Waals surface area contributed by atoms with Gasteiger partial charge in [-0.05, 0) is 43.0 Å². The molecule has 0 radical (unpaired) electrons. The Kier molecular flexibility index (Phi) is 17.1. The van der Waals surface area contributed by atoms with Crippen LogP contribution in [0.25, 0.3) is 10.9 Å². The van der Waals surface area contributed by atoms with E-state index in [2.05, 4.69) is 46.5 Å². The van der Waals surface area contributed by atoms with Gasteiger partial charge in [-0.25, -0.2) is 20.1 Å². The number of nitrogens with two attached hydrogens (primary N) is 2. The van der Waals surface area contributed by atoms with Gasteiger partial charge in [0, 0.05) is 54.8 Å². The van der Waals surface area contributed by atoms with Crippen molar-refractivity contribution < 1.29 is 29.0 Å². The second kappa shape index (κ2) is 22.7. The molecule has 58 heavy (non-hydrogen) atoms. The molecule has 0 saturated heterocycles. The van der Waals surface area contributed by atoms with Crippen molar-refractivity contribution >= 4 is 46.4 Å². The van der Waals surface area contributed by atoms with Crippen LogP contribution >= 0.6 is 0 Å². The highest BCUT2D eigenvalue weighted by Gasteiger charge is 2.32. The molecule has 310 valence electrons. The molecule has 2 aromatic heterocycles. The van der Waals surface area contributed by atoms with E-state index in [1.54, 1.807) is 42.1 Å². The first kappa shape index (κ1) is 43.9. The molecule has 12 N–H and O–H groups in total. The van der Waals surface area contributed by atoms with Crippen molar-refractivity contribution in [3.8, 4) is 0 Å². The fourth-order valence-corrected chi connectivity index (χ4v) is 6.12. The summed E-state index contributed by atoms with van der Waals surface area (Å²) >= 11 is 0. The number of aliphatic imine (C=N–C) groups is 1. The Labute approximate surface area is 334 Å². The van der Waals surface area contributed by atoms with Crippen molar-refractivity contribution in [3.63, 3.8) is 0 Å². The number of carbonyl (C=O) groups excluding carboxylic acids is 5. The summed E-state index contributed by atoms with van der Waals surface area (Å²) in [6, 6.07) is 12.0. The number of rotatable bonds is 24. The van der Waals surface area contributed by atoms with Gasteiger partial charge in [-0.1, -0.05) is 67.3 Å². The monoisotopic (exact) mass is 801 g/mol. The number of nitro groups is 1. The van der Waals surface area contributed by atoms with Gasteiger partial charge < -0.3 is 48.0 Å². The number of unbranched alkanes of at least 4 members (excludes halogenated alkanes) is 1. The van der Waals surface area contributed by atoms with Gasteiger partial charge in [0.05, 0.1) is 18.9 Å². The van der Waals surface area contributed by atoms with Gasteiger partial charge in [0.1, 0.15) is 18.1 Å². The van der Waals surface area contributed by atoms with Crippen LogP contribution < -0.4 is 43.5 Å². The van der Waals surface area contributed by atoms with Crippen LogP contribution in [-0.4, -0.2) is 99.3 Å². The number of benzene rings is 2. The minimum Gasteiger partial charge on any atom is -0.368 e. The van der Waals surface area contributed by atoms with Crippen molar-refractivity contribution in [2.75, 3.05) is 19.6 Å². The van der Waals surface area contributed by atoms with Crippen LogP contribution in [0.1, 0.15) is 49.4 Å². The molecule has 0 saturated carbocycles. The summed E-state index contributed by atoms with van der Waals surface area (Å²) in [6.45, 7) is 2.04. The zero-order valence-corrected chi connectivity index (χ0v) is 32.2. The van der Waals surface area contributed by atoms with E-state index in [1.807, 2.05) is 37.3 Å². The first-order chi connectivity index (χ1) is 27.9. The summed E-state index contributed by atoms with van der Waals surface area (Å²) in [4.78, 5) is 92.2. The highest BCUT2D eigenvalue weighted by Crippen LogP contribution is 2.19. The molecule has 4 aromatic rings. The molecule has 2 heterocycles. The number of carbonyl (C=O) groups is 5. The smallest absolute Gasteiger partial charge is 0.251 e. The lowest BCUT2D eigenvalue weighted by atomic mass is 10.0. The summed E-state index contributed by atoms with van der Waals surface area (Å²) in [7, 11) is 0. The number of aromatic amines is 2. The Bertz CT molecular complexity index is 2000. The molecule has 0 unspecified atom stereocenters. The number of primary amides is 1. The highest BCUT2D eigenvalue weighted by atomic mass is 16.7. The van der Waals surface area contributed by atoms with Crippen molar-refractivity contribution in [1.29, 1.82) is 0 Å². The fourth-order valence-electron chi connectivity index (χ4n) is 6.12. The van der Waals surface area contributed by atoms with E-state index in [0.29, 0.717) is 17.8 Å². The molecular formula is C38H51N13O7. The number of H-pyrrole nitrogens is 2. The quantitative estimate of drug-likeness (QED) is 0.0143. The molecule has 4 rings (SSSR count). The number of nitrogens with zero attached hydrogens (tertiary/aromatic N) is 3. The van der Waals surface area contributed by atoms with Gasteiger partial charge in [-0.15, -0.1) is 0 Å². The number of imidazole rings is 1. The van der Waals surface area contributed by atoms with E-state index >= 15 is 0 Å². The Morgan fingerprint density at radius 2 is 1.50 bits per heavy atom. The Morgan fingerprint density at radius 3 is 2.19 bits per heavy atom.